The van der Waals surface area contributed by atoms with Crippen LogP contribution in [-0.2, 0) is 16.1 Å². The van der Waals surface area contributed by atoms with Gasteiger partial charge < -0.3 is 9.47 Å². The molecule has 0 bridgehead atoms. The molecule has 1 aliphatic rings. The predicted octanol–water partition coefficient (Wildman–Crippen LogP) is -0.369. The molecule has 0 saturated carbocycles. The minimum Gasteiger partial charge on any atom is -0.470 e. The minimum atomic E-state index is -0.539. The summed E-state index contributed by atoms with van der Waals surface area (Å²) in [7, 11) is 1.27. The Kier molecular flexibility index (Phi) is 1.95. The molecule has 0 atom stereocenters. The number of esters is 1. The van der Waals surface area contributed by atoms with Gasteiger partial charge in [-0.15, -0.1) is 0 Å². The number of methoxy groups -OCH3 is 1. The Bertz CT molecular complexity index is 396. The van der Waals surface area contributed by atoms with E-state index in [2.05, 4.69) is 9.84 Å². The smallest absolute Gasteiger partial charge is 0.358 e. The predicted molar refractivity (Wildman–Crippen MR) is 44.1 cm³/mol. The second-order valence-electron chi connectivity index (χ2n) is 2.84. The van der Waals surface area contributed by atoms with Crippen LogP contribution in [0.1, 0.15) is 10.5 Å². The Balaban J connectivity index is 2.32. The van der Waals surface area contributed by atoms with E-state index < -0.39 is 5.97 Å². The van der Waals surface area contributed by atoms with Crippen molar-refractivity contribution in [2.45, 2.75) is 6.54 Å². The molecule has 0 unspecified atom stereocenters. The SMILES string of the molecule is COC(=O)c1cc2n(n1)CC(=O)CO2. The average molecular weight is 196 g/mol. The van der Waals surface area contributed by atoms with Gasteiger partial charge in [-0.3, -0.25) is 4.79 Å². The molecule has 14 heavy (non-hydrogen) atoms. The van der Waals surface area contributed by atoms with Crippen molar-refractivity contribution in [3.63, 3.8) is 0 Å². The van der Waals surface area contributed by atoms with Gasteiger partial charge in [0.05, 0.1) is 7.11 Å². The lowest BCUT2D eigenvalue weighted by molar-refractivity contribution is -0.123. The molecule has 6 heteroatoms. The lowest BCUT2D eigenvalue weighted by Crippen LogP contribution is -2.25. The van der Waals surface area contributed by atoms with Gasteiger partial charge in [-0.25, -0.2) is 9.48 Å². The Hall–Kier alpha value is -1.85. The normalized spacial score (nSPS) is 14.5. The summed E-state index contributed by atoms with van der Waals surface area (Å²) in [6.07, 6.45) is 0. The second kappa shape index (κ2) is 3.13. The lowest BCUT2D eigenvalue weighted by Gasteiger charge is -2.12. The summed E-state index contributed by atoms with van der Waals surface area (Å²) < 4.78 is 10.9. The molecular formula is C8H8N2O4. The quantitative estimate of drug-likeness (QED) is 0.573. The molecule has 2 rings (SSSR count). The lowest BCUT2D eigenvalue weighted by atomic mass is 10.4. The van der Waals surface area contributed by atoms with E-state index in [0.717, 1.165) is 0 Å². The van der Waals surface area contributed by atoms with E-state index in [9.17, 15) is 9.59 Å². The van der Waals surface area contributed by atoms with Crippen molar-refractivity contribution < 1.29 is 19.1 Å². The summed E-state index contributed by atoms with van der Waals surface area (Å²) in [4.78, 5) is 22.0. The van der Waals surface area contributed by atoms with Crippen LogP contribution in [0.4, 0.5) is 0 Å². The zero-order chi connectivity index (χ0) is 10.1. The molecule has 0 spiro atoms. The second-order valence-corrected chi connectivity index (χ2v) is 2.84. The van der Waals surface area contributed by atoms with Crippen molar-refractivity contribution in [1.29, 1.82) is 0 Å². The van der Waals surface area contributed by atoms with Crippen LogP contribution in [0.5, 0.6) is 5.88 Å². The molecular weight excluding hydrogens is 188 g/mol. The van der Waals surface area contributed by atoms with Gasteiger partial charge in [0.1, 0.15) is 6.54 Å². The number of ether oxygens (including phenoxy) is 2. The number of ketones is 1. The third kappa shape index (κ3) is 1.34. The zero-order valence-electron chi connectivity index (χ0n) is 7.52. The molecule has 2 heterocycles. The van der Waals surface area contributed by atoms with Crippen molar-refractivity contribution in [3.05, 3.63) is 11.8 Å². The maximum Gasteiger partial charge on any atom is 0.358 e. The highest BCUT2D eigenvalue weighted by atomic mass is 16.5. The van der Waals surface area contributed by atoms with E-state index in [1.807, 2.05) is 0 Å². The Morgan fingerprint density at radius 3 is 3.21 bits per heavy atom. The van der Waals surface area contributed by atoms with Crippen LogP contribution >= 0.6 is 0 Å². The topological polar surface area (TPSA) is 70.4 Å². The number of carbonyl (C=O) groups excluding carboxylic acids is 2. The molecule has 74 valence electrons. The van der Waals surface area contributed by atoms with E-state index >= 15 is 0 Å². The first-order chi connectivity index (χ1) is 6.70. The highest BCUT2D eigenvalue weighted by Gasteiger charge is 2.21. The number of nitrogens with zero attached hydrogens (tertiary/aromatic N) is 2. The van der Waals surface area contributed by atoms with Crippen molar-refractivity contribution in [2.75, 3.05) is 13.7 Å². The van der Waals surface area contributed by atoms with Crippen LogP contribution in [0.3, 0.4) is 0 Å². The summed E-state index contributed by atoms with van der Waals surface area (Å²) in [6.45, 7) is 0.179. The van der Waals surface area contributed by atoms with Crippen LogP contribution in [0.15, 0.2) is 6.07 Å². The highest BCUT2D eigenvalue weighted by Crippen LogP contribution is 2.17. The van der Waals surface area contributed by atoms with Gasteiger partial charge in [0, 0.05) is 6.07 Å². The Labute approximate surface area is 79.4 Å². The summed E-state index contributed by atoms with van der Waals surface area (Å²) in [5, 5.41) is 3.87. The van der Waals surface area contributed by atoms with Gasteiger partial charge in [0.2, 0.25) is 5.88 Å². The van der Waals surface area contributed by atoms with Gasteiger partial charge in [-0.1, -0.05) is 0 Å². The molecule has 0 amide bonds. The number of hydrogen-bond donors (Lipinski definition) is 0. The minimum absolute atomic E-state index is 0.0340. The number of Topliss-reactive ketones (excluding diaryl/α,β-unsaturated/α-hetero) is 1. The molecule has 1 aromatic heterocycles. The van der Waals surface area contributed by atoms with Gasteiger partial charge >= 0.3 is 5.97 Å². The Morgan fingerprint density at radius 1 is 1.71 bits per heavy atom. The fourth-order valence-electron chi connectivity index (χ4n) is 1.20. The van der Waals surface area contributed by atoms with Crippen LogP contribution < -0.4 is 4.74 Å². The van der Waals surface area contributed by atoms with Gasteiger partial charge in [0.15, 0.2) is 18.1 Å². The van der Waals surface area contributed by atoms with Gasteiger partial charge in [-0.2, -0.15) is 5.10 Å². The number of rotatable bonds is 1. The van der Waals surface area contributed by atoms with Crippen LogP contribution in [0.2, 0.25) is 0 Å². The first-order valence-corrected chi connectivity index (χ1v) is 4.01. The summed E-state index contributed by atoms with van der Waals surface area (Å²) in [6, 6.07) is 1.46. The fourth-order valence-corrected chi connectivity index (χ4v) is 1.20. The van der Waals surface area contributed by atoms with E-state index in [-0.39, 0.29) is 24.6 Å². The van der Waals surface area contributed by atoms with Crippen molar-refractivity contribution >= 4 is 11.8 Å². The van der Waals surface area contributed by atoms with Crippen molar-refractivity contribution in [3.8, 4) is 5.88 Å². The fraction of sp³-hybridized carbons (Fsp3) is 0.375. The van der Waals surface area contributed by atoms with E-state index in [1.165, 1.54) is 17.9 Å². The molecule has 0 radical (unpaired) electrons. The molecule has 0 aliphatic carbocycles. The van der Waals surface area contributed by atoms with Gasteiger partial charge in [-0.05, 0) is 0 Å². The first kappa shape index (κ1) is 8.74. The third-order valence-electron chi connectivity index (χ3n) is 1.84. The molecule has 0 fully saturated rings. The number of hydrogen-bond acceptors (Lipinski definition) is 5. The van der Waals surface area contributed by atoms with Crippen LogP contribution in [-0.4, -0.2) is 35.2 Å². The summed E-state index contributed by atoms with van der Waals surface area (Å²) in [5.74, 6) is -0.190. The largest absolute Gasteiger partial charge is 0.470 e. The maximum atomic E-state index is 11.1. The number of carbonyl (C=O) groups is 2. The number of fused-ring (bicyclic) bond motifs is 1. The van der Waals surface area contributed by atoms with E-state index in [1.54, 1.807) is 0 Å². The van der Waals surface area contributed by atoms with E-state index in [0.29, 0.717) is 5.88 Å². The monoisotopic (exact) mass is 196 g/mol. The molecule has 1 aromatic rings. The molecule has 1 aliphatic heterocycles. The maximum absolute atomic E-state index is 11.1. The molecule has 0 aromatic carbocycles. The van der Waals surface area contributed by atoms with Crippen molar-refractivity contribution in [1.82, 2.24) is 9.78 Å². The zero-order valence-corrected chi connectivity index (χ0v) is 7.52. The van der Waals surface area contributed by atoms with Crippen molar-refractivity contribution in [2.24, 2.45) is 0 Å². The Morgan fingerprint density at radius 2 is 2.50 bits per heavy atom. The summed E-state index contributed by atoms with van der Waals surface area (Å²) in [5.41, 5.74) is 0.150. The highest BCUT2D eigenvalue weighted by molar-refractivity contribution is 5.88. The molecule has 0 saturated heterocycles. The van der Waals surface area contributed by atoms with Crippen LogP contribution in [0.25, 0.3) is 0 Å². The molecule has 0 N–H and O–H groups in total. The molecule has 6 nitrogen and oxygen atoms in total. The van der Waals surface area contributed by atoms with Crippen LogP contribution in [0, 0.1) is 0 Å². The summed E-state index contributed by atoms with van der Waals surface area (Å²) >= 11 is 0. The van der Waals surface area contributed by atoms with Gasteiger partial charge in [0.25, 0.3) is 0 Å². The number of aromatic nitrogens is 2. The first-order valence-electron chi connectivity index (χ1n) is 4.01. The average Bonchev–Trinajstić information content (AvgIpc) is 2.59. The van der Waals surface area contributed by atoms with E-state index in [4.69, 9.17) is 4.74 Å². The third-order valence-corrected chi connectivity index (χ3v) is 1.84. The standard InChI is InChI=1S/C8H8N2O4/c1-13-8(12)6-2-7-10(9-6)3-5(11)4-14-7/h2H,3-4H2,1H3.